The normalized spacial score (nSPS) is 14.6. The second-order valence-corrected chi connectivity index (χ2v) is 6.49. The van der Waals surface area contributed by atoms with E-state index in [1.54, 1.807) is 12.1 Å². The summed E-state index contributed by atoms with van der Waals surface area (Å²) in [6, 6.07) is 12.5. The van der Waals surface area contributed by atoms with E-state index in [2.05, 4.69) is 11.1 Å². The topological polar surface area (TPSA) is 36.1 Å². The summed E-state index contributed by atoms with van der Waals surface area (Å²) in [4.78, 5) is 17.7. The maximum atomic E-state index is 13.6. The molecule has 25 heavy (non-hydrogen) atoms. The second-order valence-electron chi connectivity index (χ2n) is 6.49. The molecule has 0 bridgehead atoms. The first-order chi connectivity index (χ1) is 12.1. The Bertz CT molecular complexity index is 986. The number of H-pyrrole nitrogens is 1. The number of nitrogens with one attached hydrogen (secondary N) is 1. The zero-order valence-electron chi connectivity index (χ0n) is 14.1. The van der Waals surface area contributed by atoms with Crippen LogP contribution in [0.4, 0.5) is 4.39 Å². The number of hydrogen-bond donors (Lipinski definition) is 1. The first-order valence-electron chi connectivity index (χ1n) is 8.44. The fourth-order valence-electron chi connectivity index (χ4n) is 3.42. The van der Waals surface area contributed by atoms with Crippen molar-refractivity contribution >= 4 is 22.4 Å². The Labute approximate surface area is 145 Å². The van der Waals surface area contributed by atoms with Gasteiger partial charge in [-0.05, 0) is 49.2 Å². The quantitative estimate of drug-likeness (QED) is 0.733. The van der Waals surface area contributed by atoms with E-state index in [4.69, 9.17) is 0 Å². The molecule has 1 aromatic heterocycles. The van der Waals surface area contributed by atoms with Crippen LogP contribution in [0.2, 0.25) is 0 Å². The predicted molar refractivity (Wildman–Crippen MR) is 97.9 cm³/mol. The number of carbonyl (C=O) groups is 1. The molecule has 2 heterocycles. The molecule has 0 saturated carbocycles. The average Bonchev–Trinajstić information content (AvgIpc) is 3.04. The fourth-order valence-corrected chi connectivity index (χ4v) is 3.42. The van der Waals surface area contributed by atoms with E-state index in [-0.39, 0.29) is 11.7 Å². The van der Waals surface area contributed by atoms with Gasteiger partial charge in [-0.3, -0.25) is 4.79 Å². The van der Waals surface area contributed by atoms with Crippen LogP contribution in [0, 0.1) is 12.7 Å². The van der Waals surface area contributed by atoms with Gasteiger partial charge in [0.2, 0.25) is 0 Å². The van der Waals surface area contributed by atoms with E-state index in [0.29, 0.717) is 13.1 Å². The molecule has 0 unspecified atom stereocenters. The minimum Gasteiger partial charge on any atom is -0.361 e. The highest BCUT2D eigenvalue weighted by Gasteiger charge is 2.20. The van der Waals surface area contributed by atoms with Crippen LogP contribution in [0.5, 0.6) is 0 Å². The van der Waals surface area contributed by atoms with E-state index in [1.165, 1.54) is 6.07 Å². The van der Waals surface area contributed by atoms with Crippen molar-refractivity contribution in [3.63, 3.8) is 0 Å². The van der Waals surface area contributed by atoms with Gasteiger partial charge in [0.1, 0.15) is 5.82 Å². The van der Waals surface area contributed by atoms with Crippen molar-refractivity contribution in [2.45, 2.75) is 13.3 Å². The highest BCUT2D eigenvalue weighted by molar-refractivity contribution is 5.96. The van der Waals surface area contributed by atoms with E-state index >= 15 is 0 Å². The molecule has 1 aliphatic rings. The number of amides is 1. The number of hydrogen-bond acceptors (Lipinski definition) is 1. The van der Waals surface area contributed by atoms with E-state index in [9.17, 15) is 9.18 Å². The van der Waals surface area contributed by atoms with Crippen molar-refractivity contribution in [2.75, 3.05) is 13.1 Å². The number of benzene rings is 2. The van der Waals surface area contributed by atoms with Crippen LogP contribution in [-0.4, -0.2) is 28.9 Å². The average molecular weight is 334 g/mol. The summed E-state index contributed by atoms with van der Waals surface area (Å²) in [6.45, 7) is 3.23. The molecule has 2 aromatic carbocycles. The van der Waals surface area contributed by atoms with Crippen molar-refractivity contribution < 1.29 is 9.18 Å². The summed E-state index contributed by atoms with van der Waals surface area (Å²) < 4.78 is 13.6. The van der Waals surface area contributed by atoms with Gasteiger partial charge in [-0.1, -0.05) is 23.8 Å². The summed E-state index contributed by atoms with van der Waals surface area (Å²) in [5.74, 6) is -0.176. The Morgan fingerprint density at radius 1 is 1.20 bits per heavy atom. The SMILES string of the molecule is Cc1cccc(C(=O)N2CC=C(c3c[nH]c4ccc(F)cc34)CC2)c1. The van der Waals surface area contributed by atoms with Crippen LogP contribution in [0.25, 0.3) is 16.5 Å². The fraction of sp³-hybridized carbons (Fsp3) is 0.190. The van der Waals surface area contributed by atoms with Crippen LogP contribution in [0.3, 0.4) is 0 Å². The van der Waals surface area contributed by atoms with Gasteiger partial charge in [-0.2, -0.15) is 0 Å². The van der Waals surface area contributed by atoms with Crippen LogP contribution >= 0.6 is 0 Å². The largest absolute Gasteiger partial charge is 0.361 e. The van der Waals surface area contributed by atoms with Gasteiger partial charge < -0.3 is 9.88 Å². The highest BCUT2D eigenvalue weighted by Crippen LogP contribution is 2.30. The van der Waals surface area contributed by atoms with Crippen LogP contribution in [0.1, 0.15) is 27.9 Å². The van der Waals surface area contributed by atoms with E-state index in [1.807, 2.05) is 42.3 Å². The van der Waals surface area contributed by atoms with Gasteiger partial charge in [0.05, 0.1) is 0 Å². The molecule has 3 nitrogen and oxygen atoms in total. The number of aromatic nitrogens is 1. The third-order valence-electron chi connectivity index (χ3n) is 4.75. The monoisotopic (exact) mass is 334 g/mol. The standard InChI is InChI=1S/C21H19FN2O/c1-14-3-2-4-16(11-14)21(25)24-9-7-15(8-10-24)19-13-23-20-6-5-17(22)12-18(19)20/h2-7,11-13,23H,8-10H2,1H3. The molecule has 0 fully saturated rings. The summed E-state index contributed by atoms with van der Waals surface area (Å²) in [5.41, 5.74) is 4.92. The molecule has 1 N–H and O–H groups in total. The third-order valence-corrected chi connectivity index (χ3v) is 4.75. The lowest BCUT2D eigenvalue weighted by Gasteiger charge is -2.26. The van der Waals surface area contributed by atoms with Crippen LogP contribution < -0.4 is 0 Å². The molecule has 0 saturated heterocycles. The van der Waals surface area contributed by atoms with Gasteiger partial charge in [-0.15, -0.1) is 0 Å². The first-order valence-corrected chi connectivity index (χ1v) is 8.44. The molecule has 0 spiro atoms. The summed E-state index contributed by atoms with van der Waals surface area (Å²) in [6.07, 6.45) is 4.76. The molecular formula is C21H19FN2O. The molecule has 0 atom stereocenters. The number of rotatable bonds is 2. The molecule has 3 aromatic rings. The number of fused-ring (bicyclic) bond motifs is 1. The maximum absolute atomic E-state index is 13.6. The van der Waals surface area contributed by atoms with Crippen molar-refractivity contribution in [3.05, 3.63) is 77.2 Å². The number of halogens is 1. The smallest absolute Gasteiger partial charge is 0.254 e. The Hall–Kier alpha value is -2.88. The first kappa shape index (κ1) is 15.6. The van der Waals surface area contributed by atoms with Crippen molar-refractivity contribution in [1.82, 2.24) is 9.88 Å². The van der Waals surface area contributed by atoms with E-state index < -0.39 is 0 Å². The van der Waals surface area contributed by atoms with E-state index in [0.717, 1.165) is 39.6 Å². The lowest BCUT2D eigenvalue weighted by molar-refractivity contribution is 0.0773. The lowest BCUT2D eigenvalue weighted by atomic mass is 9.98. The number of carbonyl (C=O) groups excluding carboxylic acids is 1. The molecule has 4 rings (SSSR count). The highest BCUT2D eigenvalue weighted by atomic mass is 19.1. The Balaban J connectivity index is 1.57. The summed E-state index contributed by atoms with van der Waals surface area (Å²) in [7, 11) is 0. The summed E-state index contributed by atoms with van der Waals surface area (Å²) >= 11 is 0. The maximum Gasteiger partial charge on any atom is 0.254 e. The predicted octanol–water partition coefficient (Wildman–Crippen LogP) is 4.54. The van der Waals surface area contributed by atoms with Gasteiger partial charge in [0.25, 0.3) is 5.91 Å². The molecule has 126 valence electrons. The molecular weight excluding hydrogens is 315 g/mol. The van der Waals surface area contributed by atoms with Crippen molar-refractivity contribution in [1.29, 1.82) is 0 Å². The van der Waals surface area contributed by atoms with Gasteiger partial charge in [0.15, 0.2) is 0 Å². The number of aryl methyl sites for hydroxylation is 1. The molecule has 1 aliphatic heterocycles. The Morgan fingerprint density at radius 3 is 2.84 bits per heavy atom. The van der Waals surface area contributed by atoms with Crippen molar-refractivity contribution in [2.24, 2.45) is 0 Å². The molecule has 1 amide bonds. The zero-order valence-corrected chi connectivity index (χ0v) is 14.1. The molecule has 4 heteroatoms. The van der Waals surface area contributed by atoms with Gasteiger partial charge >= 0.3 is 0 Å². The number of aromatic amines is 1. The summed E-state index contributed by atoms with van der Waals surface area (Å²) in [5, 5.41) is 0.893. The minimum absolute atomic E-state index is 0.0592. The Kier molecular flexibility index (Phi) is 3.88. The van der Waals surface area contributed by atoms with Crippen LogP contribution in [-0.2, 0) is 0 Å². The zero-order chi connectivity index (χ0) is 17.4. The van der Waals surface area contributed by atoms with Gasteiger partial charge in [0, 0.05) is 41.3 Å². The lowest BCUT2D eigenvalue weighted by Crippen LogP contribution is -2.34. The van der Waals surface area contributed by atoms with Crippen molar-refractivity contribution in [3.8, 4) is 0 Å². The number of nitrogens with zero attached hydrogens (tertiary/aromatic N) is 1. The molecule has 0 radical (unpaired) electrons. The second kappa shape index (κ2) is 6.20. The minimum atomic E-state index is -0.235. The van der Waals surface area contributed by atoms with Crippen LogP contribution in [0.15, 0.2) is 54.7 Å². The van der Waals surface area contributed by atoms with Gasteiger partial charge in [-0.25, -0.2) is 4.39 Å². The third kappa shape index (κ3) is 2.95. The molecule has 0 aliphatic carbocycles. The Morgan fingerprint density at radius 2 is 2.08 bits per heavy atom.